The van der Waals surface area contributed by atoms with Crippen LogP contribution in [-0.2, 0) is 22.5 Å². The van der Waals surface area contributed by atoms with Crippen molar-refractivity contribution in [1.82, 2.24) is 15.0 Å². The van der Waals surface area contributed by atoms with Gasteiger partial charge in [0.1, 0.15) is 11.3 Å². The summed E-state index contributed by atoms with van der Waals surface area (Å²) in [7, 11) is -1.43. The third-order valence-electron chi connectivity index (χ3n) is 8.64. The van der Waals surface area contributed by atoms with Crippen molar-refractivity contribution in [2.45, 2.75) is 64.8 Å². The van der Waals surface area contributed by atoms with Crippen LogP contribution in [0, 0.1) is 24.7 Å². The molecule has 0 aliphatic heterocycles. The summed E-state index contributed by atoms with van der Waals surface area (Å²) in [6.07, 6.45) is 2.96. The first-order chi connectivity index (χ1) is 21.6. The average Bonchev–Trinajstić information content (AvgIpc) is 3.44. The summed E-state index contributed by atoms with van der Waals surface area (Å²) in [5.41, 5.74) is 3.06. The van der Waals surface area contributed by atoms with Crippen LogP contribution in [-0.4, -0.2) is 48.0 Å². The van der Waals surface area contributed by atoms with Crippen LogP contribution >= 0.6 is 0 Å². The summed E-state index contributed by atoms with van der Waals surface area (Å²) in [6, 6.07) is 23.8. The zero-order valence-corrected chi connectivity index (χ0v) is 27.7. The Labute approximate surface area is 265 Å². The molecule has 0 spiro atoms. The van der Waals surface area contributed by atoms with E-state index in [0.29, 0.717) is 48.3 Å². The molecule has 3 aromatic carbocycles. The highest BCUT2D eigenvalue weighted by Crippen LogP contribution is 2.41. The summed E-state index contributed by atoms with van der Waals surface area (Å²) in [4.78, 5) is 40.8. The molecule has 0 amide bonds. The predicted molar refractivity (Wildman–Crippen MR) is 178 cm³/mol. The molecule has 1 fully saturated rings. The molecule has 1 heterocycles. The lowest BCUT2D eigenvalue weighted by Gasteiger charge is -2.24. The summed E-state index contributed by atoms with van der Waals surface area (Å²) < 4.78 is 13.1. The van der Waals surface area contributed by atoms with Crippen molar-refractivity contribution >= 4 is 30.7 Å². The zero-order chi connectivity index (χ0) is 32.0. The van der Waals surface area contributed by atoms with Gasteiger partial charge < -0.3 is 9.47 Å². The van der Waals surface area contributed by atoms with Crippen LogP contribution < -0.4 is 10.3 Å². The van der Waals surface area contributed by atoms with E-state index in [1.54, 1.807) is 18.2 Å². The van der Waals surface area contributed by atoms with Crippen LogP contribution in [0.2, 0.25) is 25.7 Å². The molecule has 0 radical (unpaired) electrons. The number of ketones is 1. The number of hydrogen-bond donors (Lipinski definition) is 0. The summed E-state index contributed by atoms with van der Waals surface area (Å²) >= 11 is 0. The standard InChI is InChI=1S/C36H43N3O5Si/c1-25-12-19-32-31(23-25)35(41)39(38-37-32)24-28-15-18-30(33(28)36(42)44-21-22-45(2,3)4)34(40)27-13-16-29(17-14-27)43-20-8-11-26-9-6-5-7-10-26/h5-7,9-10,12-14,16-17,19,23,28,30,33H,8,11,15,18,20-22,24H2,1-4H3/t28-,30-,33-/m0/s1. The SMILES string of the molecule is Cc1ccc2nnn(C[C@@H]3CC[C@H](C(=O)c4ccc(OCCCc5ccccc5)cc4)[C@H]3C(=O)OCC[Si](C)(C)C)c(=O)c2c1. The number of esters is 1. The average molecular weight is 626 g/mol. The molecule has 0 unspecified atom stereocenters. The van der Waals surface area contributed by atoms with Crippen molar-refractivity contribution in [2.24, 2.45) is 17.8 Å². The minimum absolute atomic E-state index is 0.0900. The van der Waals surface area contributed by atoms with E-state index in [0.717, 1.165) is 24.4 Å². The van der Waals surface area contributed by atoms with Gasteiger partial charge in [0.05, 0.1) is 31.1 Å². The predicted octanol–water partition coefficient (Wildman–Crippen LogP) is 6.52. The Kier molecular flexibility index (Phi) is 10.3. The number of aryl methyl sites for hydroxylation is 2. The minimum atomic E-state index is -1.43. The molecule has 1 aliphatic rings. The van der Waals surface area contributed by atoms with Gasteiger partial charge >= 0.3 is 5.97 Å². The number of fused-ring (bicyclic) bond motifs is 1. The first-order valence-corrected chi connectivity index (χ1v) is 19.6. The summed E-state index contributed by atoms with van der Waals surface area (Å²) in [6.45, 7) is 9.73. The first kappa shape index (κ1) is 32.3. The molecular formula is C36H43N3O5Si. The second kappa shape index (κ2) is 14.3. The Morgan fingerprint density at radius 2 is 1.71 bits per heavy atom. The van der Waals surface area contributed by atoms with E-state index in [-0.39, 0.29) is 29.8 Å². The quantitative estimate of drug-likeness (QED) is 0.0722. The number of nitrogens with zero attached hydrogens (tertiary/aromatic N) is 3. The van der Waals surface area contributed by atoms with Gasteiger partial charge in [-0.2, -0.15) is 0 Å². The molecule has 0 N–H and O–H groups in total. The fourth-order valence-corrected chi connectivity index (χ4v) is 6.78. The normalized spacial score (nSPS) is 18.2. The van der Waals surface area contributed by atoms with Crippen molar-refractivity contribution in [3.63, 3.8) is 0 Å². The van der Waals surface area contributed by atoms with Crippen LogP contribution in [0.4, 0.5) is 0 Å². The van der Waals surface area contributed by atoms with Crippen molar-refractivity contribution in [3.05, 3.63) is 99.8 Å². The fraction of sp³-hybridized carbons (Fsp3) is 0.417. The Morgan fingerprint density at radius 3 is 2.44 bits per heavy atom. The van der Waals surface area contributed by atoms with Gasteiger partial charge in [0, 0.05) is 19.6 Å². The van der Waals surface area contributed by atoms with Crippen LogP contribution in [0.15, 0.2) is 77.6 Å². The second-order valence-electron chi connectivity index (χ2n) is 13.4. The lowest BCUT2D eigenvalue weighted by Crippen LogP contribution is -2.36. The van der Waals surface area contributed by atoms with E-state index in [9.17, 15) is 14.4 Å². The molecule has 9 heteroatoms. The molecule has 1 aromatic heterocycles. The number of benzene rings is 3. The lowest BCUT2D eigenvalue weighted by atomic mass is 9.84. The molecule has 0 saturated heterocycles. The number of rotatable bonds is 13. The van der Waals surface area contributed by atoms with E-state index in [1.807, 2.05) is 49.4 Å². The van der Waals surface area contributed by atoms with Crippen LogP contribution in [0.3, 0.4) is 0 Å². The largest absolute Gasteiger partial charge is 0.494 e. The van der Waals surface area contributed by atoms with E-state index in [1.165, 1.54) is 10.2 Å². The van der Waals surface area contributed by atoms with Gasteiger partial charge in [0.25, 0.3) is 5.56 Å². The molecule has 45 heavy (non-hydrogen) atoms. The molecule has 8 nitrogen and oxygen atoms in total. The van der Waals surface area contributed by atoms with Crippen LogP contribution in [0.5, 0.6) is 5.75 Å². The molecule has 0 bridgehead atoms. The third kappa shape index (κ3) is 8.33. The zero-order valence-electron chi connectivity index (χ0n) is 26.7. The van der Waals surface area contributed by atoms with Crippen molar-refractivity contribution < 1.29 is 19.1 Å². The second-order valence-corrected chi connectivity index (χ2v) is 19.0. The van der Waals surface area contributed by atoms with Gasteiger partial charge in [-0.25, -0.2) is 4.68 Å². The highest BCUT2D eigenvalue weighted by atomic mass is 28.3. The van der Waals surface area contributed by atoms with Crippen LogP contribution in [0.25, 0.3) is 10.9 Å². The Balaban J connectivity index is 1.29. The van der Waals surface area contributed by atoms with Crippen LogP contribution in [0.1, 0.15) is 40.7 Å². The number of hydrogen-bond acceptors (Lipinski definition) is 7. The smallest absolute Gasteiger partial charge is 0.310 e. The van der Waals surface area contributed by atoms with Crippen molar-refractivity contribution in [1.29, 1.82) is 0 Å². The maximum atomic E-state index is 13.9. The summed E-state index contributed by atoms with van der Waals surface area (Å²) in [5.74, 6) is -1.25. The van der Waals surface area contributed by atoms with E-state index < -0.39 is 19.9 Å². The molecule has 3 atom stereocenters. The van der Waals surface area contributed by atoms with E-state index >= 15 is 0 Å². The maximum Gasteiger partial charge on any atom is 0.310 e. The Hall–Kier alpha value is -4.11. The Morgan fingerprint density at radius 1 is 0.956 bits per heavy atom. The molecule has 1 aliphatic carbocycles. The number of carbonyl (C=O) groups is 2. The van der Waals surface area contributed by atoms with E-state index in [2.05, 4.69) is 42.1 Å². The monoisotopic (exact) mass is 625 g/mol. The maximum absolute atomic E-state index is 13.9. The third-order valence-corrected chi connectivity index (χ3v) is 10.3. The van der Waals surface area contributed by atoms with Gasteiger partial charge in [-0.3, -0.25) is 14.4 Å². The Bertz CT molecular complexity index is 1680. The summed E-state index contributed by atoms with van der Waals surface area (Å²) in [5, 5.41) is 8.92. The highest BCUT2D eigenvalue weighted by molar-refractivity contribution is 6.76. The van der Waals surface area contributed by atoms with Gasteiger partial charge in [-0.1, -0.05) is 66.8 Å². The molecule has 4 aromatic rings. The van der Waals surface area contributed by atoms with E-state index in [4.69, 9.17) is 9.47 Å². The molecular weight excluding hydrogens is 582 g/mol. The molecule has 236 valence electrons. The van der Waals surface area contributed by atoms with Gasteiger partial charge in [0.2, 0.25) is 0 Å². The lowest BCUT2D eigenvalue weighted by molar-refractivity contribution is -0.150. The fourth-order valence-electron chi connectivity index (χ4n) is 6.06. The highest BCUT2D eigenvalue weighted by Gasteiger charge is 2.46. The van der Waals surface area contributed by atoms with Crippen molar-refractivity contribution in [3.8, 4) is 5.75 Å². The number of aromatic nitrogens is 3. The first-order valence-electron chi connectivity index (χ1n) is 15.9. The molecule has 5 rings (SSSR count). The number of ether oxygens (including phenoxy) is 2. The minimum Gasteiger partial charge on any atom is -0.494 e. The topological polar surface area (TPSA) is 100 Å². The van der Waals surface area contributed by atoms with Crippen molar-refractivity contribution in [2.75, 3.05) is 13.2 Å². The van der Waals surface area contributed by atoms with Gasteiger partial charge in [-0.15, -0.1) is 5.10 Å². The molecule has 1 saturated carbocycles. The number of Topliss-reactive ketones (excluding diaryl/α,β-unsaturated/α-hetero) is 1. The van der Waals surface area contributed by atoms with Gasteiger partial charge in [-0.05, 0) is 86.5 Å². The van der Waals surface area contributed by atoms with Gasteiger partial charge in [0.15, 0.2) is 5.78 Å². The number of carbonyl (C=O) groups excluding carboxylic acids is 2.